The number of esters is 1. The van der Waals surface area contributed by atoms with Crippen molar-refractivity contribution in [2.45, 2.75) is 32.7 Å². The zero-order valence-electron chi connectivity index (χ0n) is 12.7. The lowest BCUT2D eigenvalue weighted by Crippen LogP contribution is -2.37. The summed E-state index contributed by atoms with van der Waals surface area (Å²) in [5.41, 5.74) is 0.148. The molecule has 0 fully saturated rings. The summed E-state index contributed by atoms with van der Waals surface area (Å²) in [7, 11) is 1.23. The van der Waals surface area contributed by atoms with Gasteiger partial charge in [-0.05, 0) is 39.0 Å². The van der Waals surface area contributed by atoms with Gasteiger partial charge in [-0.15, -0.1) is 0 Å². The SMILES string of the molecule is COC(=O)c1ccc(F)cc1NC(=O)CCNC(C)(C)C. The van der Waals surface area contributed by atoms with E-state index in [0.717, 1.165) is 12.1 Å². The van der Waals surface area contributed by atoms with Gasteiger partial charge in [-0.2, -0.15) is 0 Å². The molecular weight excluding hydrogens is 275 g/mol. The highest BCUT2D eigenvalue weighted by molar-refractivity contribution is 6.01. The number of amides is 1. The van der Waals surface area contributed by atoms with E-state index in [1.165, 1.54) is 13.2 Å². The highest BCUT2D eigenvalue weighted by Crippen LogP contribution is 2.18. The Labute approximate surface area is 123 Å². The van der Waals surface area contributed by atoms with Crippen molar-refractivity contribution in [2.75, 3.05) is 19.0 Å². The van der Waals surface area contributed by atoms with Crippen LogP contribution in [-0.2, 0) is 9.53 Å². The van der Waals surface area contributed by atoms with Gasteiger partial charge in [0.05, 0.1) is 18.4 Å². The average molecular weight is 296 g/mol. The second kappa shape index (κ2) is 7.17. The normalized spacial score (nSPS) is 11.1. The molecule has 1 aromatic carbocycles. The Morgan fingerprint density at radius 1 is 1.29 bits per heavy atom. The van der Waals surface area contributed by atoms with Gasteiger partial charge in [-0.3, -0.25) is 4.79 Å². The first-order valence-corrected chi connectivity index (χ1v) is 6.65. The lowest BCUT2D eigenvalue weighted by molar-refractivity contribution is -0.116. The van der Waals surface area contributed by atoms with E-state index in [0.29, 0.717) is 6.54 Å². The number of carbonyl (C=O) groups excluding carboxylic acids is 2. The molecule has 0 atom stereocenters. The Balaban J connectivity index is 2.71. The molecule has 1 aromatic rings. The van der Waals surface area contributed by atoms with Gasteiger partial charge in [0.15, 0.2) is 0 Å². The molecule has 21 heavy (non-hydrogen) atoms. The number of hydrogen-bond acceptors (Lipinski definition) is 4. The van der Waals surface area contributed by atoms with E-state index in [2.05, 4.69) is 15.4 Å². The van der Waals surface area contributed by atoms with Crippen LogP contribution in [0.2, 0.25) is 0 Å². The lowest BCUT2D eigenvalue weighted by Gasteiger charge is -2.20. The smallest absolute Gasteiger partial charge is 0.339 e. The third-order valence-electron chi connectivity index (χ3n) is 2.67. The first-order chi connectivity index (χ1) is 9.73. The van der Waals surface area contributed by atoms with E-state index in [1.54, 1.807) is 0 Å². The van der Waals surface area contributed by atoms with Gasteiger partial charge in [-0.25, -0.2) is 9.18 Å². The van der Waals surface area contributed by atoms with Crippen LogP contribution < -0.4 is 10.6 Å². The van der Waals surface area contributed by atoms with Crippen LogP contribution in [0.15, 0.2) is 18.2 Å². The van der Waals surface area contributed by atoms with E-state index in [-0.39, 0.29) is 29.1 Å². The number of nitrogens with one attached hydrogen (secondary N) is 2. The number of methoxy groups -OCH3 is 1. The summed E-state index contributed by atoms with van der Waals surface area (Å²) in [6, 6.07) is 3.52. The zero-order chi connectivity index (χ0) is 16.0. The molecule has 0 unspecified atom stereocenters. The fourth-order valence-electron chi connectivity index (χ4n) is 1.67. The maximum Gasteiger partial charge on any atom is 0.339 e. The number of benzene rings is 1. The maximum atomic E-state index is 13.3. The monoisotopic (exact) mass is 296 g/mol. The van der Waals surface area contributed by atoms with Crippen LogP contribution >= 0.6 is 0 Å². The molecule has 0 spiro atoms. The van der Waals surface area contributed by atoms with E-state index < -0.39 is 11.8 Å². The number of halogens is 1. The maximum absolute atomic E-state index is 13.3. The first kappa shape index (κ1) is 17.1. The molecule has 0 saturated carbocycles. The Bertz CT molecular complexity index is 524. The van der Waals surface area contributed by atoms with Crippen LogP contribution in [0, 0.1) is 5.82 Å². The number of carbonyl (C=O) groups is 2. The van der Waals surface area contributed by atoms with Crippen LogP contribution in [0.3, 0.4) is 0 Å². The molecular formula is C15H21FN2O3. The highest BCUT2D eigenvalue weighted by Gasteiger charge is 2.15. The van der Waals surface area contributed by atoms with E-state index in [1.807, 2.05) is 20.8 Å². The fraction of sp³-hybridized carbons (Fsp3) is 0.467. The number of anilines is 1. The molecule has 0 bridgehead atoms. The van der Waals surface area contributed by atoms with Crippen molar-refractivity contribution in [2.24, 2.45) is 0 Å². The minimum atomic E-state index is -0.627. The van der Waals surface area contributed by atoms with Crippen LogP contribution in [0.4, 0.5) is 10.1 Å². The standard InChI is InChI=1S/C15H21FN2O3/c1-15(2,3)17-8-7-13(19)18-12-9-10(16)5-6-11(12)14(20)21-4/h5-6,9,17H,7-8H2,1-4H3,(H,18,19). The van der Waals surface area contributed by atoms with Crippen LogP contribution in [0.1, 0.15) is 37.6 Å². The van der Waals surface area contributed by atoms with E-state index in [4.69, 9.17) is 0 Å². The molecule has 0 saturated heterocycles. The quantitative estimate of drug-likeness (QED) is 0.818. The summed E-state index contributed by atoms with van der Waals surface area (Å²) < 4.78 is 17.9. The predicted molar refractivity (Wildman–Crippen MR) is 78.7 cm³/mol. The lowest BCUT2D eigenvalue weighted by atomic mass is 10.1. The molecule has 0 aliphatic carbocycles. The molecule has 0 radical (unpaired) electrons. The zero-order valence-corrected chi connectivity index (χ0v) is 12.7. The summed E-state index contributed by atoms with van der Waals surface area (Å²) in [5, 5.41) is 5.71. The fourth-order valence-corrected chi connectivity index (χ4v) is 1.67. The third kappa shape index (κ3) is 5.91. The second-order valence-corrected chi connectivity index (χ2v) is 5.66. The highest BCUT2D eigenvalue weighted by atomic mass is 19.1. The average Bonchev–Trinajstić information content (AvgIpc) is 2.36. The molecule has 0 aliphatic heterocycles. The number of hydrogen-bond donors (Lipinski definition) is 2. The van der Waals surface area contributed by atoms with Gasteiger partial charge in [0, 0.05) is 18.5 Å². The first-order valence-electron chi connectivity index (χ1n) is 6.65. The molecule has 5 nitrogen and oxygen atoms in total. The minimum Gasteiger partial charge on any atom is -0.465 e. The van der Waals surface area contributed by atoms with Gasteiger partial charge >= 0.3 is 5.97 Å². The summed E-state index contributed by atoms with van der Waals surface area (Å²) >= 11 is 0. The van der Waals surface area contributed by atoms with Crippen LogP contribution in [-0.4, -0.2) is 31.1 Å². The Morgan fingerprint density at radius 2 is 1.95 bits per heavy atom. The largest absolute Gasteiger partial charge is 0.465 e. The molecule has 0 aromatic heterocycles. The topological polar surface area (TPSA) is 67.4 Å². The molecule has 1 rings (SSSR count). The van der Waals surface area contributed by atoms with Crippen molar-refractivity contribution in [3.8, 4) is 0 Å². The molecule has 0 aliphatic rings. The van der Waals surface area contributed by atoms with Crippen LogP contribution in [0.25, 0.3) is 0 Å². The third-order valence-corrected chi connectivity index (χ3v) is 2.67. The second-order valence-electron chi connectivity index (χ2n) is 5.66. The Kier molecular flexibility index (Phi) is 5.84. The van der Waals surface area contributed by atoms with Crippen molar-refractivity contribution in [1.82, 2.24) is 5.32 Å². The molecule has 116 valence electrons. The van der Waals surface area contributed by atoms with Crippen molar-refractivity contribution in [3.63, 3.8) is 0 Å². The van der Waals surface area contributed by atoms with Gasteiger partial charge in [-0.1, -0.05) is 0 Å². The summed E-state index contributed by atoms with van der Waals surface area (Å²) in [5.74, 6) is -1.47. The molecule has 6 heteroatoms. The summed E-state index contributed by atoms with van der Waals surface area (Å²) in [6.07, 6.45) is 0.217. The number of rotatable bonds is 5. The van der Waals surface area contributed by atoms with E-state index in [9.17, 15) is 14.0 Å². The van der Waals surface area contributed by atoms with Gasteiger partial charge in [0.2, 0.25) is 5.91 Å². The predicted octanol–water partition coefficient (Wildman–Crippen LogP) is 2.33. The van der Waals surface area contributed by atoms with Crippen molar-refractivity contribution >= 4 is 17.6 Å². The molecule has 2 N–H and O–H groups in total. The van der Waals surface area contributed by atoms with Crippen LogP contribution in [0.5, 0.6) is 0 Å². The van der Waals surface area contributed by atoms with E-state index >= 15 is 0 Å². The van der Waals surface area contributed by atoms with Gasteiger partial charge < -0.3 is 15.4 Å². The van der Waals surface area contributed by atoms with Gasteiger partial charge in [0.1, 0.15) is 5.82 Å². The van der Waals surface area contributed by atoms with Crippen molar-refractivity contribution < 1.29 is 18.7 Å². The molecule has 1 amide bonds. The summed E-state index contributed by atoms with van der Waals surface area (Å²) in [4.78, 5) is 23.4. The molecule has 0 heterocycles. The van der Waals surface area contributed by atoms with Crippen molar-refractivity contribution in [1.29, 1.82) is 0 Å². The minimum absolute atomic E-state index is 0.0870. The van der Waals surface area contributed by atoms with Gasteiger partial charge in [0.25, 0.3) is 0 Å². The number of ether oxygens (including phenoxy) is 1. The Morgan fingerprint density at radius 3 is 2.52 bits per heavy atom. The summed E-state index contributed by atoms with van der Waals surface area (Å²) in [6.45, 7) is 6.46. The Hall–Kier alpha value is -1.95. The van der Waals surface area contributed by atoms with Crippen molar-refractivity contribution in [3.05, 3.63) is 29.6 Å².